The average Bonchev–Trinajstić information content (AvgIpc) is 2.67. The molecular weight excluding hydrogens is 256 g/mol. The van der Waals surface area contributed by atoms with Crippen LogP contribution in [0.2, 0.25) is 0 Å². The number of nitrogens with one attached hydrogen (secondary N) is 1. The monoisotopic (exact) mass is 280 g/mol. The lowest BCUT2D eigenvalue weighted by Gasteiger charge is -2.33. The van der Waals surface area contributed by atoms with Crippen LogP contribution in [0.1, 0.15) is 25.5 Å². The van der Waals surface area contributed by atoms with E-state index in [2.05, 4.69) is 15.3 Å². The van der Waals surface area contributed by atoms with Crippen LogP contribution in [0.3, 0.4) is 0 Å². The maximum Gasteiger partial charge on any atom is 0.239 e. The van der Waals surface area contributed by atoms with Crippen LogP contribution in [-0.4, -0.2) is 51.4 Å². The molecule has 0 radical (unpaired) electrons. The SMILES string of the molecule is Cc1cc(NC(=O)CN2CCCC(C(C)O)C2)n(C)n1. The third-order valence-electron chi connectivity index (χ3n) is 3.86. The summed E-state index contributed by atoms with van der Waals surface area (Å²) in [5, 5.41) is 16.7. The number of rotatable bonds is 4. The van der Waals surface area contributed by atoms with Gasteiger partial charge in [-0.3, -0.25) is 14.4 Å². The number of aliphatic hydroxyl groups excluding tert-OH is 1. The van der Waals surface area contributed by atoms with Crippen molar-refractivity contribution in [2.24, 2.45) is 13.0 Å². The summed E-state index contributed by atoms with van der Waals surface area (Å²) < 4.78 is 1.67. The minimum atomic E-state index is -0.305. The van der Waals surface area contributed by atoms with Gasteiger partial charge in [-0.1, -0.05) is 0 Å². The highest BCUT2D eigenvalue weighted by Crippen LogP contribution is 2.19. The van der Waals surface area contributed by atoms with E-state index in [1.165, 1.54) is 0 Å². The van der Waals surface area contributed by atoms with Gasteiger partial charge in [0, 0.05) is 19.7 Å². The second-order valence-corrected chi connectivity index (χ2v) is 5.72. The van der Waals surface area contributed by atoms with Crippen molar-refractivity contribution < 1.29 is 9.90 Å². The first-order valence-corrected chi connectivity index (χ1v) is 7.16. The Labute approximate surface area is 119 Å². The maximum atomic E-state index is 12.1. The van der Waals surface area contributed by atoms with E-state index in [4.69, 9.17) is 0 Å². The quantitative estimate of drug-likeness (QED) is 0.854. The molecule has 20 heavy (non-hydrogen) atoms. The van der Waals surface area contributed by atoms with Gasteiger partial charge in [-0.05, 0) is 39.2 Å². The molecule has 1 amide bonds. The third-order valence-corrected chi connectivity index (χ3v) is 3.86. The number of aryl methyl sites for hydroxylation is 2. The van der Waals surface area contributed by atoms with Gasteiger partial charge in [-0.2, -0.15) is 5.10 Å². The van der Waals surface area contributed by atoms with Gasteiger partial charge >= 0.3 is 0 Å². The van der Waals surface area contributed by atoms with Crippen molar-refractivity contribution in [3.05, 3.63) is 11.8 Å². The summed E-state index contributed by atoms with van der Waals surface area (Å²) in [6, 6.07) is 1.85. The summed E-state index contributed by atoms with van der Waals surface area (Å²) in [5.74, 6) is 0.964. The van der Waals surface area contributed by atoms with Gasteiger partial charge in [0.1, 0.15) is 5.82 Å². The fourth-order valence-electron chi connectivity index (χ4n) is 2.74. The van der Waals surface area contributed by atoms with E-state index < -0.39 is 0 Å². The summed E-state index contributed by atoms with van der Waals surface area (Å²) in [4.78, 5) is 14.2. The highest BCUT2D eigenvalue weighted by atomic mass is 16.3. The maximum absolute atomic E-state index is 12.1. The Hall–Kier alpha value is -1.40. The number of aromatic nitrogens is 2. The average molecular weight is 280 g/mol. The molecule has 0 spiro atoms. The van der Waals surface area contributed by atoms with Gasteiger partial charge in [0.05, 0.1) is 18.3 Å². The molecule has 0 aliphatic carbocycles. The third kappa shape index (κ3) is 3.80. The number of aliphatic hydroxyl groups is 1. The lowest BCUT2D eigenvalue weighted by molar-refractivity contribution is -0.118. The standard InChI is InChI=1S/C14H24N4O2/c1-10-7-13(17(3)16-10)15-14(20)9-18-6-4-5-12(8-18)11(2)19/h7,11-12,19H,4-6,8-9H2,1-3H3,(H,15,20). The number of carbonyl (C=O) groups excluding carboxylic acids is 1. The van der Waals surface area contributed by atoms with E-state index in [1.54, 1.807) is 4.68 Å². The molecule has 1 aliphatic heterocycles. The summed E-state index contributed by atoms with van der Waals surface area (Å²) in [5.41, 5.74) is 0.884. The molecule has 0 saturated carbocycles. The largest absolute Gasteiger partial charge is 0.393 e. The van der Waals surface area contributed by atoms with E-state index in [0.717, 1.165) is 37.4 Å². The smallest absolute Gasteiger partial charge is 0.239 e. The van der Waals surface area contributed by atoms with Crippen molar-refractivity contribution in [2.45, 2.75) is 32.8 Å². The number of likely N-dealkylation sites (tertiary alicyclic amines) is 1. The first-order chi connectivity index (χ1) is 9.45. The number of nitrogens with zero attached hydrogens (tertiary/aromatic N) is 3. The van der Waals surface area contributed by atoms with Crippen molar-refractivity contribution in [1.82, 2.24) is 14.7 Å². The predicted octanol–water partition coefficient (Wildman–Crippen LogP) is 0.760. The first-order valence-electron chi connectivity index (χ1n) is 7.16. The molecular formula is C14H24N4O2. The number of hydrogen-bond donors (Lipinski definition) is 2. The first kappa shape index (κ1) is 15.0. The van der Waals surface area contributed by atoms with Crippen LogP contribution in [0.15, 0.2) is 6.07 Å². The van der Waals surface area contributed by atoms with Gasteiger partial charge < -0.3 is 10.4 Å². The lowest BCUT2D eigenvalue weighted by atomic mass is 9.93. The molecule has 2 N–H and O–H groups in total. The molecule has 2 unspecified atom stereocenters. The normalized spacial score (nSPS) is 21.7. The number of piperidine rings is 1. The molecule has 112 valence electrons. The predicted molar refractivity (Wildman–Crippen MR) is 77.4 cm³/mol. The fraction of sp³-hybridized carbons (Fsp3) is 0.714. The van der Waals surface area contributed by atoms with Gasteiger partial charge in [-0.25, -0.2) is 0 Å². The van der Waals surface area contributed by atoms with Gasteiger partial charge in [0.25, 0.3) is 0 Å². The summed E-state index contributed by atoms with van der Waals surface area (Å²) in [6.07, 6.45) is 1.77. The van der Waals surface area contributed by atoms with Crippen molar-refractivity contribution >= 4 is 11.7 Å². The molecule has 1 saturated heterocycles. The minimum Gasteiger partial charge on any atom is -0.393 e. The fourth-order valence-corrected chi connectivity index (χ4v) is 2.74. The molecule has 1 fully saturated rings. The van der Waals surface area contributed by atoms with Crippen molar-refractivity contribution in [3.63, 3.8) is 0 Å². The Morgan fingerprint density at radius 1 is 1.65 bits per heavy atom. The van der Waals surface area contributed by atoms with Gasteiger partial charge in [0.2, 0.25) is 5.91 Å². The number of carbonyl (C=O) groups is 1. The van der Waals surface area contributed by atoms with Crippen LogP contribution in [0, 0.1) is 12.8 Å². The molecule has 2 rings (SSSR count). The Bertz CT molecular complexity index is 470. The Balaban J connectivity index is 1.86. The summed E-state index contributed by atoms with van der Waals surface area (Å²) in [6.45, 7) is 5.80. The zero-order valence-electron chi connectivity index (χ0n) is 12.5. The minimum absolute atomic E-state index is 0.0285. The van der Waals surface area contributed by atoms with Gasteiger partial charge in [0.15, 0.2) is 0 Å². The van der Waals surface area contributed by atoms with Crippen LogP contribution < -0.4 is 5.32 Å². The Morgan fingerprint density at radius 2 is 2.40 bits per heavy atom. The molecule has 0 aromatic carbocycles. The zero-order valence-corrected chi connectivity index (χ0v) is 12.5. The van der Waals surface area contributed by atoms with E-state index in [9.17, 15) is 9.90 Å². The van der Waals surface area contributed by atoms with Crippen molar-refractivity contribution in [1.29, 1.82) is 0 Å². The van der Waals surface area contributed by atoms with E-state index in [-0.39, 0.29) is 17.9 Å². The van der Waals surface area contributed by atoms with E-state index in [1.807, 2.05) is 27.0 Å². The molecule has 1 aromatic rings. The second kappa shape index (κ2) is 6.37. The van der Waals surface area contributed by atoms with E-state index in [0.29, 0.717) is 6.54 Å². The zero-order chi connectivity index (χ0) is 14.7. The van der Waals surface area contributed by atoms with Crippen LogP contribution >= 0.6 is 0 Å². The highest BCUT2D eigenvalue weighted by Gasteiger charge is 2.24. The summed E-state index contributed by atoms with van der Waals surface area (Å²) in [7, 11) is 1.81. The number of hydrogen-bond acceptors (Lipinski definition) is 4. The number of anilines is 1. The number of amides is 1. The summed E-state index contributed by atoms with van der Waals surface area (Å²) >= 11 is 0. The van der Waals surface area contributed by atoms with Crippen LogP contribution in [0.25, 0.3) is 0 Å². The van der Waals surface area contributed by atoms with Crippen LogP contribution in [0.4, 0.5) is 5.82 Å². The van der Waals surface area contributed by atoms with Gasteiger partial charge in [-0.15, -0.1) is 0 Å². The molecule has 6 heteroatoms. The molecule has 6 nitrogen and oxygen atoms in total. The van der Waals surface area contributed by atoms with Crippen molar-refractivity contribution in [2.75, 3.05) is 25.0 Å². The molecule has 0 bridgehead atoms. The van der Waals surface area contributed by atoms with Crippen molar-refractivity contribution in [3.8, 4) is 0 Å². The Morgan fingerprint density at radius 3 is 3.00 bits per heavy atom. The van der Waals surface area contributed by atoms with E-state index >= 15 is 0 Å². The van der Waals surface area contributed by atoms with Crippen LogP contribution in [0.5, 0.6) is 0 Å². The molecule has 1 aromatic heterocycles. The topological polar surface area (TPSA) is 70.4 Å². The molecule has 2 heterocycles. The molecule has 2 atom stereocenters. The second-order valence-electron chi connectivity index (χ2n) is 5.72. The highest BCUT2D eigenvalue weighted by molar-refractivity contribution is 5.91. The van der Waals surface area contributed by atoms with Crippen LogP contribution in [-0.2, 0) is 11.8 Å². The molecule has 1 aliphatic rings. The lowest BCUT2D eigenvalue weighted by Crippen LogP contribution is -2.43. The Kier molecular flexibility index (Phi) is 4.77.